The third-order valence-electron chi connectivity index (χ3n) is 3.53. The number of thiazole rings is 1. The Morgan fingerprint density at radius 3 is 3.24 bits per heavy atom. The van der Waals surface area contributed by atoms with Crippen LogP contribution in [0, 0.1) is 0 Å². The largest absolute Gasteiger partial charge is 0.345 e. The molecule has 9 heteroatoms. The smallest absolute Gasteiger partial charge is 0.337 e. The molecule has 4 heterocycles. The molecule has 21 heavy (non-hydrogen) atoms. The molecule has 2 atom stereocenters. The van der Waals surface area contributed by atoms with E-state index in [9.17, 15) is 4.79 Å². The fourth-order valence-corrected chi connectivity index (χ4v) is 3.59. The van der Waals surface area contributed by atoms with Crippen molar-refractivity contribution in [3.8, 4) is 0 Å². The summed E-state index contributed by atoms with van der Waals surface area (Å²) in [5, 5.41) is 5.01. The fourth-order valence-electron chi connectivity index (χ4n) is 2.70. The van der Waals surface area contributed by atoms with Crippen molar-refractivity contribution >= 4 is 17.4 Å². The minimum Gasteiger partial charge on any atom is -0.337 e. The van der Waals surface area contributed by atoms with Gasteiger partial charge in [-0.15, -0.1) is 17.9 Å². The summed E-state index contributed by atoms with van der Waals surface area (Å²) in [6, 6.07) is -0.829. The highest BCUT2D eigenvalue weighted by Gasteiger charge is 2.52. The Kier molecular flexibility index (Phi) is 2.76. The van der Waals surface area contributed by atoms with Crippen LogP contribution in [-0.4, -0.2) is 44.3 Å². The minimum absolute atomic E-state index is 0.154. The van der Waals surface area contributed by atoms with Crippen molar-refractivity contribution in [2.45, 2.75) is 12.1 Å². The summed E-state index contributed by atoms with van der Waals surface area (Å²) in [6.07, 6.45) is 2.92. The van der Waals surface area contributed by atoms with Crippen LogP contribution in [0.15, 0.2) is 29.0 Å². The monoisotopic (exact) mass is 305 g/mol. The highest BCUT2D eigenvalue weighted by Crippen LogP contribution is 2.46. The van der Waals surface area contributed by atoms with E-state index < -0.39 is 6.04 Å². The van der Waals surface area contributed by atoms with Gasteiger partial charge < -0.3 is 9.42 Å². The van der Waals surface area contributed by atoms with Gasteiger partial charge in [-0.1, -0.05) is 11.2 Å². The van der Waals surface area contributed by atoms with Gasteiger partial charge in [0.2, 0.25) is 0 Å². The Hall–Kier alpha value is -2.26. The van der Waals surface area contributed by atoms with Gasteiger partial charge in [0.05, 0.1) is 29.2 Å². The fraction of sp³-hybridized carbons (Fsp3) is 0.333. The molecular weight excluding hydrogens is 294 g/mol. The molecule has 8 nitrogen and oxygen atoms in total. The van der Waals surface area contributed by atoms with E-state index in [-0.39, 0.29) is 18.7 Å². The van der Waals surface area contributed by atoms with E-state index in [1.54, 1.807) is 16.5 Å². The first-order valence-electron chi connectivity index (χ1n) is 6.34. The Morgan fingerprint density at radius 1 is 1.57 bits per heavy atom. The highest BCUT2D eigenvalue weighted by molar-refractivity contribution is 7.09. The molecule has 0 spiro atoms. The van der Waals surface area contributed by atoms with Crippen molar-refractivity contribution < 1.29 is 14.2 Å². The van der Waals surface area contributed by atoms with Gasteiger partial charge >= 0.3 is 6.03 Å². The predicted molar refractivity (Wildman–Crippen MR) is 71.1 cm³/mol. The van der Waals surface area contributed by atoms with Crippen molar-refractivity contribution in [1.29, 1.82) is 0 Å². The molecular formula is C12H11N5O3S. The number of hydrogen-bond acceptors (Lipinski definition) is 7. The second-order valence-corrected chi connectivity index (χ2v) is 5.53. The third-order valence-corrected chi connectivity index (χ3v) is 4.47. The summed E-state index contributed by atoms with van der Waals surface area (Å²) in [7, 11) is 0. The summed E-state index contributed by atoms with van der Waals surface area (Å²) >= 11 is 1.50. The van der Waals surface area contributed by atoms with Crippen LogP contribution < -0.4 is 0 Å². The summed E-state index contributed by atoms with van der Waals surface area (Å²) in [6.45, 7) is 4.39. The molecule has 1 fully saturated rings. The third kappa shape index (κ3) is 1.71. The van der Waals surface area contributed by atoms with E-state index >= 15 is 0 Å². The van der Waals surface area contributed by atoms with Gasteiger partial charge in [-0.25, -0.2) is 9.78 Å². The van der Waals surface area contributed by atoms with Crippen molar-refractivity contribution in [3.63, 3.8) is 0 Å². The molecule has 108 valence electrons. The summed E-state index contributed by atoms with van der Waals surface area (Å²) < 4.78 is 5.15. The standard InChI is InChI=1S/C12H11N5O3S/c1-2-3-19-17-7-4-16(12(17)18)9(11-13-5-15-20-11)8-10(7)21-6-14-8/h2,5-7,9H,1,3-4H2/t7-,9-/m0/s1. The van der Waals surface area contributed by atoms with Gasteiger partial charge in [-0.05, 0) is 0 Å². The van der Waals surface area contributed by atoms with Crippen molar-refractivity contribution in [1.82, 2.24) is 25.1 Å². The molecule has 0 aromatic carbocycles. The predicted octanol–water partition coefficient (Wildman–Crippen LogP) is 1.53. The number of nitrogens with zero attached hydrogens (tertiary/aromatic N) is 5. The molecule has 0 saturated carbocycles. The second kappa shape index (κ2) is 4.64. The van der Waals surface area contributed by atoms with E-state index in [1.807, 2.05) is 0 Å². The number of fused-ring (bicyclic) bond motifs is 4. The molecule has 0 radical (unpaired) electrons. The van der Waals surface area contributed by atoms with E-state index in [4.69, 9.17) is 9.36 Å². The number of amides is 2. The quantitative estimate of drug-likeness (QED) is 0.796. The Morgan fingerprint density at radius 2 is 2.48 bits per heavy atom. The van der Waals surface area contributed by atoms with E-state index in [1.165, 1.54) is 22.7 Å². The number of rotatable bonds is 4. The molecule has 4 rings (SSSR count). The van der Waals surface area contributed by atoms with E-state index in [0.29, 0.717) is 12.4 Å². The number of urea groups is 1. The van der Waals surface area contributed by atoms with E-state index in [0.717, 1.165) is 10.6 Å². The lowest BCUT2D eigenvalue weighted by atomic mass is 10.0. The van der Waals surface area contributed by atoms with Crippen LogP contribution in [0.25, 0.3) is 0 Å². The first-order chi connectivity index (χ1) is 10.3. The first kappa shape index (κ1) is 12.5. The molecule has 0 N–H and O–H groups in total. The van der Waals surface area contributed by atoms with Gasteiger partial charge in [-0.2, -0.15) is 10.0 Å². The van der Waals surface area contributed by atoms with Crippen LogP contribution in [-0.2, 0) is 4.84 Å². The van der Waals surface area contributed by atoms with E-state index in [2.05, 4.69) is 21.7 Å². The lowest BCUT2D eigenvalue weighted by Crippen LogP contribution is -2.35. The summed E-state index contributed by atoms with van der Waals surface area (Å²) in [5.41, 5.74) is 2.53. The lowest BCUT2D eigenvalue weighted by Gasteiger charge is -2.26. The van der Waals surface area contributed by atoms with Crippen LogP contribution in [0.1, 0.15) is 28.5 Å². The molecule has 2 aromatic heterocycles. The molecule has 1 saturated heterocycles. The number of hydrogen-bond donors (Lipinski definition) is 0. The summed E-state index contributed by atoms with van der Waals surface area (Å²) in [4.78, 5) is 29.1. The maximum atomic E-state index is 12.5. The number of aromatic nitrogens is 3. The molecule has 2 bridgehead atoms. The zero-order valence-corrected chi connectivity index (χ0v) is 11.7. The molecule has 2 aliphatic heterocycles. The maximum Gasteiger partial charge on any atom is 0.345 e. The van der Waals surface area contributed by atoms with Crippen LogP contribution in [0.3, 0.4) is 0 Å². The van der Waals surface area contributed by atoms with Gasteiger partial charge in [0.25, 0.3) is 5.89 Å². The molecule has 0 unspecified atom stereocenters. The van der Waals surface area contributed by atoms with Crippen molar-refractivity contribution in [2.24, 2.45) is 0 Å². The zero-order chi connectivity index (χ0) is 14.4. The van der Waals surface area contributed by atoms with Gasteiger partial charge in [0.15, 0.2) is 12.4 Å². The molecule has 0 aliphatic carbocycles. The molecule has 2 amide bonds. The average molecular weight is 305 g/mol. The minimum atomic E-state index is -0.449. The van der Waals surface area contributed by atoms with Crippen LogP contribution >= 0.6 is 11.3 Å². The molecule has 2 aromatic rings. The van der Waals surface area contributed by atoms with Crippen molar-refractivity contribution in [2.75, 3.05) is 13.2 Å². The maximum absolute atomic E-state index is 12.5. The van der Waals surface area contributed by atoms with Crippen LogP contribution in [0.5, 0.6) is 0 Å². The lowest BCUT2D eigenvalue weighted by molar-refractivity contribution is -0.118. The van der Waals surface area contributed by atoms with Crippen LogP contribution in [0.2, 0.25) is 0 Å². The second-order valence-electron chi connectivity index (χ2n) is 4.64. The Labute approximate surface area is 123 Å². The van der Waals surface area contributed by atoms with Crippen molar-refractivity contribution in [3.05, 3.63) is 41.0 Å². The Bertz CT molecular complexity index is 685. The first-order valence-corrected chi connectivity index (χ1v) is 7.22. The van der Waals surface area contributed by atoms with Gasteiger partial charge in [0.1, 0.15) is 6.04 Å². The zero-order valence-electron chi connectivity index (χ0n) is 10.9. The van der Waals surface area contributed by atoms with Crippen LogP contribution in [0.4, 0.5) is 4.79 Å². The number of carbonyl (C=O) groups is 1. The molecule has 2 aliphatic rings. The Balaban J connectivity index is 1.78. The van der Waals surface area contributed by atoms with Gasteiger partial charge in [-0.3, -0.25) is 4.84 Å². The number of carbonyl (C=O) groups excluding carboxylic acids is 1. The average Bonchev–Trinajstić information content (AvgIpc) is 3.21. The summed E-state index contributed by atoms with van der Waals surface area (Å²) in [5.74, 6) is 0.361. The SMILES string of the molecule is C=CCON1C(=O)N2C[C@H]1c1scnc1[C@H]2c1ncno1. The normalized spacial score (nSPS) is 23.5. The number of hydroxylamine groups is 2. The van der Waals surface area contributed by atoms with Gasteiger partial charge in [0, 0.05) is 0 Å². The topological polar surface area (TPSA) is 84.6 Å². The highest BCUT2D eigenvalue weighted by atomic mass is 32.1.